The van der Waals surface area contributed by atoms with Crippen LogP contribution in [0.5, 0.6) is 0 Å². The van der Waals surface area contributed by atoms with E-state index in [0.717, 1.165) is 4.47 Å². The second kappa shape index (κ2) is 9.60. The standard InChI is InChI=1S/C32H25Br/c33-30-23-13-16-26(24-30)31(25-14-5-1-6-15-25)32(27-17-7-2-8-18-27,28-19-9-3-10-20-28)29-21-11-4-12-22-29/h1-24,31H. The number of rotatable bonds is 6. The predicted molar refractivity (Wildman–Crippen MR) is 142 cm³/mol. The maximum atomic E-state index is 3.74. The Labute approximate surface area is 204 Å². The van der Waals surface area contributed by atoms with Crippen molar-refractivity contribution in [3.05, 3.63) is 178 Å². The van der Waals surface area contributed by atoms with Crippen LogP contribution in [-0.2, 0) is 5.41 Å². The van der Waals surface area contributed by atoms with Gasteiger partial charge in [0.25, 0.3) is 0 Å². The van der Waals surface area contributed by atoms with Gasteiger partial charge in [-0.2, -0.15) is 0 Å². The molecule has 0 aliphatic carbocycles. The van der Waals surface area contributed by atoms with Gasteiger partial charge in [0, 0.05) is 10.4 Å². The third-order valence-corrected chi connectivity index (χ3v) is 6.93. The molecule has 1 unspecified atom stereocenters. The van der Waals surface area contributed by atoms with Crippen molar-refractivity contribution in [3.8, 4) is 0 Å². The number of hydrogen-bond donors (Lipinski definition) is 0. The van der Waals surface area contributed by atoms with Crippen molar-refractivity contribution < 1.29 is 0 Å². The summed E-state index contributed by atoms with van der Waals surface area (Å²) in [6.07, 6.45) is 0. The molecule has 160 valence electrons. The minimum atomic E-state index is -0.425. The molecule has 0 aliphatic heterocycles. The van der Waals surface area contributed by atoms with Crippen LogP contribution in [0.1, 0.15) is 33.7 Å². The molecule has 0 aliphatic rings. The van der Waals surface area contributed by atoms with E-state index in [0.29, 0.717) is 0 Å². The van der Waals surface area contributed by atoms with E-state index in [1.165, 1.54) is 27.8 Å². The van der Waals surface area contributed by atoms with Gasteiger partial charge in [-0.1, -0.05) is 149 Å². The van der Waals surface area contributed by atoms with Crippen molar-refractivity contribution in [2.24, 2.45) is 0 Å². The molecule has 0 saturated carbocycles. The fraction of sp³-hybridized carbons (Fsp3) is 0.0625. The third kappa shape index (κ3) is 4.05. The summed E-state index contributed by atoms with van der Waals surface area (Å²) in [6, 6.07) is 52.5. The Balaban J connectivity index is 1.95. The Morgan fingerprint density at radius 1 is 0.424 bits per heavy atom. The molecule has 33 heavy (non-hydrogen) atoms. The van der Waals surface area contributed by atoms with Crippen molar-refractivity contribution in [3.63, 3.8) is 0 Å². The van der Waals surface area contributed by atoms with Crippen molar-refractivity contribution in [2.45, 2.75) is 11.3 Å². The molecule has 0 amide bonds. The van der Waals surface area contributed by atoms with Gasteiger partial charge in [-0.15, -0.1) is 0 Å². The van der Waals surface area contributed by atoms with Crippen LogP contribution in [0, 0.1) is 0 Å². The lowest BCUT2D eigenvalue weighted by atomic mass is 9.58. The fourth-order valence-corrected chi connectivity index (χ4v) is 5.54. The summed E-state index contributed by atoms with van der Waals surface area (Å²) in [6.45, 7) is 0. The van der Waals surface area contributed by atoms with E-state index in [1.54, 1.807) is 0 Å². The van der Waals surface area contributed by atoms with E-state index in [4.69, 9.17) is 0 Å². The first kappa shape index (κ1) is 21.4. The van der Waals surface area contributed by atoms with Gasteiger partial charge in [-0.05, 0) is 39.9 Å². The smallest absolute Gasteiger partial charge is 0.0560 e. The van der Waals surface area contributed by atoms with E-state index in [2.05, 4.69) is 162 Å². The minimum absolute atomic E-state index is 0.0587. The van der Waals surface area contributed by atoms with Gasteiger partial charge in [0.15, 0.2) is 0 Å². The molecule has 5 aromatic carbocycles. The zero-order valence-electron chi connectivity index (χ0n) is 18.3. The van der Waals surface area contributed by atoms with Crippen LogP contribution >= 0.6 is 15.9 Å². The normalized spacial score (nSPS) is 12.3. The molecule has 0 bridgehead atoms. The van der Waals surface area contributed by atoms with Crippen LogP contribution in [0.2, 0.25) is 0 Å². The molecule has 0 radical (unpaired) electrons. The Morgan fingerprint density at radius 3 is 1.24 bits per heavy atom. The summed E-state index contributed by atoms with van der Waals surface area (Å²) in [5.74, 6) is 0.0587. The van der Waals surface area contributed by atoms with E-state index in [-0.39, 0.29) is 5.92 Å². The summed E-state index contributed by atoms with van der Waals surface area (Å²) in [7, 11) is 0. The fourth-order valence-electron chi connectivity index (χ4n) is 5.13. The van der Waals surface area contributed by atoms with Gasteiger partial charge in [0.2, 0.25) is 0 Å². The van der Waals surface area contributed by atoms with E-state index < -0.39 is 5.41 Å². The maximum Gasteiger partial charge on any atom is 0.0560 e. The molecule has 0 fully saturated rings. The first-order chi connectivity index (χ1) is 16.3. The molecule has 0 nitrogen and oxygen atoms in total. The molecule has 0 spiro atoms. The number of halogens is 1. The highest BCUT2D eigenvalue weighted by Crippen LogP contribution is 2.52. The zero-order chi connectivity index (χ0) is 22.5. The lowest BCUT2D eigenvalue weighted by Crippen LogP contribution is -2.37. The summed E-state index contributed by atoms with van der Waals surface area (Å²) in [5, 5.41) is 0. The molecule has 0 heterocycles. The molecule has 0 aromatic heterocycles. The van der Waals surface area contributed by atoms with Gasteiger partial charge in [0.05, 0.1) is 5.41 Å². The summed E-state index contributed by atoms with van der Waals surface area (Å²) in [4.78, 5) is 0. The minimum Gasteiger partial charge on any atom is -0.0622 e. The van der Waals surface area contributed by atoms with Crippen LogP contribution in [0.3, 0.4) is 0 Å². The van der Waals surface area contributed by atoms with E-state index in [1.807, 2.05) is 0 Å². The van der Waals surface area contributed by atoms with Crippen molar-refractivity contribution in [1.29, 1.82) is 0 Å². The van der Waals surface area contributed by atoms with Crippen LogP contribution in [0.25, 0.3) is 0 Å². The average Bonchev–Trinajstić information content (AvgIpc) is 2.89. The molecule has 0 N–H and O–H groups in total. The lowest BCUT2D eigenvalue weighted by Gasteiger charge is -2.43. The predicted octanol–water partition coefficient (Wildman–Crippen LogP) is 8.62. The monoisotopic (exact) mass is 488 g/mol. The lowest BCUT2D eigenvalue weighted by molar-refractivity contribution is 0.537. The van der Waals surface area contributed by atoms with Gasteiger partial charge in [0.1, 0.15) is 0 Å². The Hall–Kier alpha value is -3.42. The quantitative estimate of drug-likeness (QED) is 0.210. The van der Waals surface area contributed by atoms with Crippen LogP contribution < -0.4 is 0 Å². The summed E-state index contributed by atoms with van der Waals surface area (Å²) >= 11 is 3.74. The first-order valence-electron chi connectivity index (χ1n) is 11.3. The second-order valence-electron chi connectivity index (χ2n) is 8.30. The number of benzene rings is 5. The van der Waals surface area contributed by atoms with Crippen molar-refractivity contribution in [1.82, 2.24) is 0 Å². The SMILES string of the molecule is Brc1cccc(C(c2ccccc2)C(c2ccccc2)(c2ccccc2)c2ccccc2)c1. The molecular formula is C32H25Br. The van der Waals surface area contributed by atoms with Crippen LogP contribution in [-0.4, -0.2) is 0 Å². The highest BCUT2D eigenvalue weighted by Gasteiger charge is 2.45. The van der Waals surface area contributed by atoms with Gasteiger partial charge in [-0.3, -0.25) is 0 Å². The Morgan fingerprint density at radius 2 is 0.818 bits per heavy atom. The average molecular weight is 489 g/mol. The largest absolute Gasteiger partial charge is 0.0622 e. The molecular weight excluding hydrogens is 464 g/mol. The third-order valence-electron chi connectivity index (χ3n) is 6.44. The molecule has 1 heteroatoms. The maximum absolute atomic E-state index is 3.74. The Kier molecular flexibility index (Phi) is 6.24. The molecule has 5 aromatic rings. The topological polar surface area (TPSA) is 0 Å². The van der Waals surface area contributed by atoms with Crippen molar-refractivity contribution >= 4 is 15.9 Å². The van der Waals surface area contributed by atoms with E-state index >= 15 is 0 Å². The molecule has 5 rings (SSSR count). The molecule has 1 atom stereocenters. The van der Waals surface area contributed by atoms with Crippen molar-refractivity contribution in [2.75, 3.05) is 0 Å². The Bertz CT molecular complexity index is 1200. The van der Waals surface area contributed by atoms with Gasteiger partial charge >= 0.3 is 0 Å². The van der Waals surface area contributed by atoms with Crippen LogP contribution in [0.4, 0.5) is 0 Å². The van der Waals surface area contributed by atoms with Gasteiger partial charge in [-0.25, -0.2) is 0 Å². The zero-order valence-corrected chi connectivity index (χ0v) is 19.9. The van der Waals surface area contributed by atoms with E-state index in [9.17, 15) is 0 Å². The highest BCUT2D eigenvalue weighted by molar-refractivity contribution is 9.10. The number of hydrogen-bond acceptors (Lipinski definition) is 0. The highest BCUT2D eigenvalue weighted by atomic mass is 79.9. The second-order valence-corrected chi connectivity index (χ2v) is 9.22. The summed E-state index contributed by atoms with van der Waals surface area (Å²) < 4.78 is 1.09. The molecule has 0 saturated heterocycles. The van der Waals surface area contributed by atoms with Gasteiger partial charge < -0.3 is 0 Å². The van der Waals surface area contributed by atoms with Crippen LogP contribution in [0.15, 0.2) is 150 Å². The first-order valence-corrected chi connectivity index (χ1v) is 12.1. The summed E-state index contributed by atoms with van der Waals surface area (Å²) in [5.41, 5.74) is 5.95.